The molecule has 11 heavy (non-hydrogen) atoms. The van der Waals surface area contributed by atoms with Crippen molar-refractivity contribution in [1.82, 2.24) is 0 Å². The van der Waals surface area contributed by atoms with E-state index in [9.17, 15) is 4.79 Å². The summed E-state index contributed by atoms with van der Waals surface area (Å²) >= 11 is 0. The highest BCUT2D eigenvalue weighted by Gasteiger charge is 1.91. The Labute approximate surface area is 66.1 Å². The molecule has 0 aliphatic heterocycles. The van der Waals surface area contributed by atoms with E-state index in [1.54, 1.807) is 0 Å². The lowest BCUT2D eigenvalue weighted by atomic mass is 10.1. The first-order valence-corrected chi connectivity index (χ1v) is 3.36. The van der Waals surface area contributed by atoms with Crippen LogP contribution in [-0.4, -0.2) is 6.29 Å². The van der Waals surface area contributed by atoms with E-state index in [0.29, 0.717) is 6.42 Å². The van der Waals surface area contributed by atoms with Crippen LogP contribution in [0.2, 0.25) is 0 Å². The second-order valence-electron chi connectivity index (χ2n) is 2.22. The van der Waals surface area contributed by atoms with Gasteiger partial charge in [0.2, 0.25) is 0 Å². The van der Waals surface area contributed by atoms with Gasteiger partial charge in [0.1, 0.15) is 6.29 Å². The molecular formula is C10H8O. The molecule has 1 aromatic carbocycles. The number of hydrogen-bond acceptors (Lipinski definition) is 1. The highest BCUT2D eigenvalue weighted by molar-refractivity contribution is 5.55. The Morgan fingerprint density at radius 3 is 3.00 bits per heavy atom. The summed E-state index contributed by atoms with van der Waals surface area (Å²) in [7, 11) is 0. The van der Waals surface area contributed by atoms with Crippen molar-refractivity contribution in [3.63, 3.8) is 0 Å². The van der Waals surface area contributed by atoms with Crippen LogP contribution in [0.4, 0.5) is 0 Å². The lowest BCUT2D eigenvalue weighted by molar-refractivity contribution is -0.107. The molecule has 54 valence electrons. The van der Waals surface area contributed by atoms with Gasteiger partial charge in [-0.2, -0.15) is 0 Å². The van der Waals surface area contributed by atoms with Crippen molar-refractivity contribution in [2.24, 2.45) is 0 Å². The Morgan fingerprint density at radius 2 is 2.36 bits per heavy atom. The second-order valence-corrected chi connectivity index (χ2v) is 2.22. The maximum absolute atomic E-state index is 10.1. The number of aldehydes is 1. The Morgan fingerprint density at radius 1 is 1.55 bits per heavy atom. The first-order chi connectivity index (χ1) is 5.36. The van der Waals surface area contributed by atoms with Crippen molar-refractivity contribution >= 4 is 6.29 Å². The molecule has 0 aromatic heterocycles. The molecule has 0 aliphatic rings. The van der Waals surface area contributed by atoms with Crippen LogP contribution in [0.5, 0.6) is 0 Å². The minimum Gasteiger partial charge on any atom is -0.303 e. The largest absolute Gasteiger partial charge is 0.303 e. The molecule has 0 N–H and O–H groups in total. The third-order valence-corrected chi connectivity index (χ3v) is 1.41. The van der Waals surface area contributed by atoms with Crippen molar-refractivity contribution in [1.29, 1.82) is 0 Å². The summed E-state index contributed by atoms with van der Waals surface area (Å²) in [6, 6.07) is 7.42. The Bertz CT molecular complexity index is 294. The molecule has 1 aromatic rings. The van der Waals surface area contributed by atoms with Crippen LogP contribution in [0.25, 0.3) is 0 Å². The van der Waals surface area contributed by atoms with Gasteiger partial charge < -0.3 is 4.79 Å². The molecule has 1 rings (SSSR count). The fraction of sp³-hybridized carbons (Fsp3) is 0.100. The summed E-state index contributed by atoms with van der Waals surface area (Å²) < 4.78 is 0. The first-order valence-electron chi connectivity index (χ1n) is 3.36. The van der Waals surface area contributed by atoms with Gasteiger partial charge in [0.25, 0.3) is 0 Å². The van der Waals surface area contributed by atoms with E-state index in [0.717, 1.165) is 17.4 Å². The van der Waals surface area contributed by atoms with Crippen LogP contribution in [0, 0.1) is 12.3 Å². The van der Waals surface area contributed by atoms with Crippen LogP contribution in [0.3, 0.4) is 0 Å². The minimum atomic E-state index is 0.440. The maximum Gasteiger partial charge on any atom is 0.124 e. The predicted molar refractivity (Wildman–Crippen MR) is 44.1 cm³/mol. The normalized spacial score (nSPS) is 8.64. The lowest BCUT2D eigenvalue weighted by Gasteiger charge is -1.94. The highest BCUT2D eigenvalue weighted by Crippen LogP contribution is 2.03. The fourth-order valence-electron chi connectivity index (χ4n) is 0.884. The summed E-state index contributed by atoms with van der Waals surface area (Å²) in [6.45, 7) is 0. The molecule has 0 unspecified atom stereocenters. The Kier molecular flexibility index (Phi) is 2.46. The van der Waals surface area contributed by atoms with Gasteiger partial charge in [0.15, 0.2) is 0 Å². The van der Waals surface area contributed by atoms with Crippen LogP contribution in [-0.2, 0) is 11.2 Å². The van der Waals surface area contributed by atoms with E-state index in [-0.39, 0.29) is 0 Å². The van der Waals surface area contributed by atoms with Gasteiger partial charge in [-0.05, 0) is 17.7 Å². The summed E-state index contributed by atoms with van der Waals surface area (Å²) in [6.07, 6.45) is 6.49. The average Bonchev–Trinajstić information content (AvgIpc) is 2.06. The number of carbonyl (C=O) groups excluding carboxylic acids is 1. The van der Waals surface area contributed by atoms with Crippen LogP contribution >= 0.6 is 0 Å². The summed E-state index contributed by atoms with van der Waals surface area (Å²) in [4.78, 5) is 10.1. The van der Waals surface area contributed by atoms with Crippen molar-refractivity contribution in [3.05, 3.63) is 35.4 Å². The third-order valence-electron chi connectivity index (χ3n) is 1.41. The van der Waals surface area contributed by atoms with Gasteiger partial charge in [-0.1, -0.05) is 18.1 Å². The Balaban J connectivity index is 2.93. The number of carbonyl (C=O) groups is 1. The van der Waals surface area contributed by atoms with Crippen LogP contribution in [0.1, 0.15) is 11.1 Å². The maximum atomic E-state index is 10.1. The smallest absolute Gasteiger partial charge is 0.124 e. The Hall–Kier alpha value is -1.55. The zero-order chi connectivity index (χ0) is 8.10. The van der Waals surface area contributed by atoms with E-state index in [1.165, 1.54) is 0 Å². The number of benzene rings is 1. The quantitative estimate of drug-likeness (QED) is 0.453. The van der Waals surface area contributed by atoms with Crippen LogP contribution in [0.15, 0.2) is 24.3 Å². The van der Waals surface area contributed by atoms with Gasteiger partial charge in [-0.3, -0.25) is 0 Å². The number of hydrogen-bond donors (Lipinski definition) is 0. The van der Waals surface area contributed by atoms with E-state index < -0.39 is 0 Å². The third kappa shape index (κ3) is 1.94. The fourth-order valence-corrected chi connectivity index (χ4v) is 0.884. The zero-order valence-corrected chi connectivity index (χ0v) is 6.08. The standard InChI is InChI=1S/C10H8O/c1-2-9-4-3-5-10(8-9)6-7-11/h1,3-5,7-8H,6H2. The molecule has 0 saturated carbocycles. The number of terminal acetylenes is 1. The molecule has 0 spiro atoms. The summed E-state index contributed by atoms with van der Waals surface area (Å²) in [5, 5.41) is 0. The average molecular weight is 144 g/mol. The van der Waals surface area contributed by atoms with Crippen molar-refractivity contribution in [2.75, 3.05) is 0 Å². The number of rotatable bonds is 2. The van der Waals surface area contributed by atoms with Crippen molar-refractivity contribution < 1.29 is 4.79 Å². The second kappa shape index (κ2) is 3.58. The molecule has 0 atom stereocenters. The van der Waals surface area contributed by atoms with Gasteiger partial charge in [0, 0.05) is 12.0 Å². The van der Waals surface area contributed by atoms with Crippen molar-refractivity contribution in [2.45, 2.75) is 6.42 Å². The highest BCUT2D eigenvalue weighted by atomic mass is 16.1. The molecule has 1 nitrogen and oxygen atoms in total. The van der Waals surface area contributed by atoms with E-state index in [4.69, 9.17) is 6.42 Å². The van der Waals surface area contributed by atoms with Gasteiger partial charge >= 0.3 is 0 Å². The molecule has 0 fully saturated rings. The summed E-state index contributed by atoms with van der Waals surface area (Å²) in [5.74, 6) is 2.51. The molecule has 0 aliphatic carbocycles. The molecule has 0 amide bonds. The van der Waals surface area contributed by atoms with E-state index in [2.05, 4.69) is 5.92 Å². The topological polar surface area (TPSA) is 17.1 Å². The van der Waals surface area contributed by atoms with E-state index >= 15 is 0 Å². The predicted octanol–water partition coefficient (Wildman–Crippen LogP) is 1.41. The van der Waals surface area contributed by atoms with Crippen molar-refractivity contribution in [3.8, 4) is 12.3 Å². The van der Waals surface area contributed by atoms with Crippen LogP contribution < -0.4 is 0 Å². The SMILES string of the molecule is C#Cc1cccc(CC=O)c1. The van der Waals surface area contributed by atoms with Gasteiger partial charge in [-0.15, -0.1) is 6.42 Å². The molecule has 0 bridgehead atoms. The molecule has 0 saturated heterocycles. The monoisotopic (exact) mass is 144 g/mol. The van der Waals surface area contributed by atoms with E-state index in [1.807, 2.05) is 24.3 Å². The van der Waals surface area contributed by atoms with Gasteiger partial charge in [0.05, 0.1) is 0 Å². The summed E-state index contributed by atoms with van der Waals surface area (Å²) in [5.41, 5.74) is 1.79. The first kappa shape index (κ1) is 7.56. The zero-order valence-electron chi connectivity index (χ0n) is 6.08. The molecule has 0 radical (unpaired) electrons. The molecule has 0 heterocycles. The van der Waals surface area contributed by atoms with Gasteiger partial charge in [-0.25, -0.2) is 0 Å². The molecule has 1 heteroatoms. The molecular weight excluding hydrogens is 136 g/mol. The lowest BCUT2D eigenvalue weighted by Crippen LogP contribution is -1.85. The minimum absolute atomic E-state index is 0.440.